The van der Waals surface area contributed by atoms with E-state index in [1.807, 2.05) is 0 Å². The molecule has 0 heterocycles. The number of aliphatic hydroxyl groups excluding tert-OH is 1. The van der Waals surface area contributed by atoms with E-state index in [0.717, 1.165) is 6.07 Å². The molecule has 6 nitrogen and oxygen atoms in total. The van der Waals surface area contributed by atoms with Crippen molar-refractivity contribution in [3.8, 4) is 0 Å². The highest BCUT2D eigenvalue weighted by molar-refractivity contribution is 7.89. The van der Waals surface area contributed by atoms with E-state index < -0.39 is 45.2 Å². The number of carboxylic acids is 1. The van der Waals surface area contributed by atoms with Crippen LogP contribution in [0, 0.1) is 11.6 Å². The summed E-state index contributed by atoms with van der Waals surface area (Å²) in [6, 6.07) is 0.511. The van der Waals surface area contributed by atoms with Crippen molar-refractivity contribution in [1.82, 2.24) is 4.72 Å². The van der Waals surface area contributed by atoms with Crippen LogP contribution in [0.1, 0.15) is 0 Å². The molecular weight excluding hydrogens is 272 g/mol. The number of hydrogen-bond acceptors (Lipinski definition) is 4. The number of benzene rings is 1. The lowest BCUT2D eigenvalue weighted by Gasteiger charge is -2.13. The van der Waals surface area contributed by atoms with Gasteiger partial charge < -0.3 is 10.2 Å². The average molecular weight is 281 g/mol. The average Bonchev–Trinajstić information content (AvgIpc) is 2.25. The first kappa shape index (κ1) is 14.5. The van der Waals surface area contributed by atoms with Crippen LogP contribution in [0.2, 0.25) is 0 Å². The fraction of sp³-hybridized carbons (Fsp3) is 0.222. The van der Waals surface area contributed by atoms with Crippen molar-refractivity contribution in [1.29, 1.82) is 0 Å². The zero-order chi connectivity index (χ0) is 13.9. The van der Waals surface area contributed by atoms with Crippen molar-refractivity contribution >= 4 is 16.0 Å². The normalized spacial score (nSPS) is 13.3. The topological polar surface area (TPSA) is 104 Å². The van der Waals surface area contributed by atoms with Gasteiger partial charge in [-0.1, -0.05) is 6.07 Å². The van der Waals surface area contributed by atoms with Gasteiger partial charge in [-0.05, 0) is 12.1 Å². The third-order valence-corrected chi connectivity index (χ3v) is 3.49. The maximum atomic E-state index is 13.2. The van der Waals surface area contributed by atoms with Crippen molar-refractivity contribution in [2.75, 3.05) is 6.61 Å². The molecule has 0 aliphatic heterocycles. The monoisotopic (exact) mass is 281 g/mol. The second-order valence-electron chi connectivity index (χ2n) is 3.25. The number of sulfonamides is 1. The fourth-order valence-electron chi connectivity index (χ4n) is 1.15. The maximum Gasteiger partial charge on any atom is 0.324 e. The molecule has 100 valence electrons. The van der Waals surface area contributed by atoms with Crippen molar-refractivity contribution in [3.63, 3.8) is 0 Å². The summed E-state index contributed by atoms with van der Waals surface area (Å²) in [6.07, 6.45) is 0. The van der Waals surface area contributed by atoms with Gasteiger partial charge in [-0.15, -0.1) is 0 Å². The second kappa shape index (κ2) is 5.38. The van der Waals surface area contributed by atoms with Crippen molar-refractivity contribution < 1.29 is 32.2 Å². The minimum atomic E-state index is -4.72. The zero-order valence-corrected chi connectivity index (χ0v) is 9.62. The van der Waals surface area contributed by atoms with Gasteiger partial charge in [-0.3, -0.25) is 4.79 Å². The molecule has 0 unspecified atom stereocenters. The predicted molar refractivity (Wildman–Crippen MR) is 55.2 cm³/mol. The SMILES string of the molecule is O=C(O)[C@@H](CO)NS(=O)(=O)c1c(F)cccc1F. The van der Waals surface area contributed by atoms with Gasteiger partial charge >= 0.3 is 5.97 Å². The van der Waals surface area contributed by atoms with Crippen LogP contribution in [-0.4, -0.2) is 37.2 Å². The van der Waals surface area contributed by atoms with E-state index in [4.69, 9.17) is 10.2 Å². The number of nitrogens with one attached hydrogen (secondary N) is 1. The molecule has 0 fully saturated rings. The Morgan fingerprint density at radius 2 is 1.83 bits per heavy atom. The Morgan fingerprint density at radius 1 is 1.33 bits per heavy atom. The van der Waals surface area contributed by atoms with E-state index in [2.05, 4.69) is 0 Å². The standard InChI is InChI=1S/C9H9F2NO5S/c10-5-2-1-3-6(11)8(5)18(16,17)12-7(4-13)9(14)15/h1-3,7,12-13H,4H2,(H,14,15)/t7-/m1/s1. The fourth-order valence-corrected chi connectivity index (χ4v) is 2.47. The maximum absolute atomic E-state index is 13.2. The number of carbonyl (C=O) groups is 1. The van der Waals surface area contributed by atoms with Gasteiger partial charge in [0.15, 0.2) is 4.90 Å². The second-order valence-corrected chi connectivity index (χ2v) is 4.90. The molecular formula is C9H9F2NO5S. The van der Waals surface area contributed by atoms with Gasteiger partial charge in [0.25, 0.3) is 0 Å². The third kappa shape index (κ3) is 3.00. The van der Waals surface area contributed by atoms with Gasteiger partial charge in [0, 0.05) is 0 Å². The molecule has 18 heavy (non-hydrogen) atoms. The molecule has 1 rings (SSSR count). The molecule has 0 aromatic heterocycles. The molecule has 0 saturated heterocycles. The molecule has 1 aromatic rings. The summed E-state index contributed by atoms with van der Waals surface area (Å²) < 4.78 is 51.1. The summed E-state index contributed by atoms with van der Waals surface area (Å²) in [6.45, 7) is -1.05. The van der Waals surface area contributed by atoms with Crippen LogP contribution in [0.3, 0.4) is 0 Å². The van der Waals surface area contributed by atoms with Crippen LogP contribution in [0.4, 0.5) is 8.78 Å². The minimum Gasteiger partial charge on any atom is -0.480 e. The van der Waals surface area contributed by atoms with E-state index in [1.54, 1.807) is 0 Å². The molecule has 0 aliphatic rings. The Bertz CT molecular complexity index is 540. The lowest BCUT2D eigenvalue weighted by molar-refractivity contribution is -0.139. The highest BCUT2D eigenvalue weighted by Crippen LogP contribution is 2.18. The van der Waals surface area contributed by atoms with Gasteiger partial charge in [-0.2, -0.15) is 4.72 Å². The van der Waals surface area contributed by atoms with E-state index in [9.17, 15) is 22.0 Å². The molecule has 0 amide bonds. The van der Waals surface area contributed by atoms with Crippen LogP contribution >= 0.6 is 0 Å². The van der Waals surface area contributed by atoms with E-state index in [1.165, 1.54) is 4.72 Å². The van der Waals surface area contributed by atoms with Crippen LogP contribution in [-0.2, 0) is 14.8 Å². The van der Waals surface area contributed by atoms with Crippen LogP contribution in [0.25, 0.3) is 0 Å². The Balaban J connectivity index is 3.19. The van der Waals surface area contributed by atoms with E-state index in [0.29, 0.717) is 12.1 Å². The number of aliphatic hydroxyl groups is 1. The molecule has 9 heteroatoms. The Kier molecular flexibility index (Phi) is 4.33. The van der Waals surface area contributed by atoms with E-state index >= 15 is 0 Å². The number of aliphatic carboxylic acids is 1. The molecule has 0 aliphatic carbocycles. The van der Waals surface area contributed by atoms with Gasteiger partial charge in [-0.25, -0.2) is 17.2 Å². The van der Waals surface area contributed by atoms with Crippen LogP contribution < -0.4 is 4.72 Å². The highest BCUT2D eigenvalue weighted by Gasteiger charge is 2.29. The van der Waals surface area contributed by atoms with E-state index in [-0.39, 0.29) is 0 Å². The number of rotatable bonds is 5. The third-order valence-electron chi connectivity index (χ3n) is 1.97. The zero-order valence-electron chi connectivity index (χ0n) is 8.80. The first-order valence-corrected chi connectivity index (χ1v) is 6.08. The Morgan fingerprint density at radius 3 is 2.22 bits per heavy atom. The molecule has 1 aromatic carbocycles. The van der Waals surface area contributed by atoms with Gasteiger partial charge in [0.05, 0.1) is 6.61 Å². The predicted octanol–water partition coefficient (Wildman–Crippen LogP) is -0.311. The van der Waals surface area contributed by atoms with Gasteiger partial charge in [0.1, 0.15) is 17.7 Å². The summed E-state index contributed by atoms with van der Waals surface area (Å²) in [5, 5.41) is 17.2. The van der Waals surface area contributed by atoms with Crippen LogP contribution in [0.5, 0.6) is 0 Å². The van der Waals surface area contributed by atoms with Crippen LogP contribution in [0.15, 0.2) is 23.1 Å². The first-order chi connectivity index (χ1) is 8.29. The summed E-state index contributed by atoms with van der Waals surface area (Å²) in [7, 11) is -4.72. The number of hydrogen-bond donors (Lipinski definition) is 3. The first-order valence-electron chi connectivity index (χ1n) is 4.59. The molecule has 0 saturated carbocycles. The largest absolute Gasteiger partial charge is 0.480 e. The van der Waals surface area contributed by atoms with Crippen molar-refractivity contribution in [3.05, 3.63) is 29.8 Å². The van der Waals surface area contributed by atoms with Crippen molar-refractivity contribution in [2.45, 2.75) is 10.9 Å². The minimum absolute atomic E-state index is 0.715. The highest BCUT2D eigenvalue weighted by atomic mass is 32.2. The quantitative estimate of drug-likeness (QED) is 0.686. The Labute approximate surface area is 101 Å². The smallest absolute Gasteiger partial charge is 0.324 e. The summed E-state index contributed by atoms with van der Waals surface area (Å²) in [5.41, 5.74) is 0. The molecule has 0 radical (unpaired) electrons. The lowest BCUT2D eigenvalue weighted by Crippen LogP contribution is -2.43. The summed E-state index contributed by atoms with van der Waals surface area (Å²) >= 11 is 0. The molecule has 3 N–H and O–H groups in total. The lowest BCUT2D eigenvalue weighted by atomic mass is 10.3. The van der Waals surface area contributed by atoms with Gasteiger partial charge in [0.2, 0.25) is 10.0 Å². The summed E-state index contributed by atoms with van der Waals surface area (Å²) in [4.78, 5) is 9.25. The molecule has 0 bridgehead atoms. The number of carboxylic acid groups (broad SMARTS) is 1. The molecule has 0 spiro atoms. The summed E-state index contributed by atoms with van der Waals surface area (Å²) in [5.74, 6) is -4.38. The molecule has 1 atom stereocenters. The Hall–Kier alpha value is -1.58. The number of halogens is 2. The van der Waals surface area contributed by atoms with Crippen molar-refractivity contribution in [2.24, 2.45) is 0 Å².